The van der Waals surface area contributed by atoms with Crippen molar-refractivity contribution in [2.45, 2.75) is 64.2 Å². The summed E-state index contributed by atoms with van der Waals surface area (Å²) in [6.07, 6.45) is 4.16. The van der Waals surface area contributed by atoms with Gasteiger partial charge in [-0.25, -0.2) is 0 Å². The second-order valence-electron chi connectivity index (χ2n) is 6.57. The van der Waals surface area contributed by atoms with Crippen LogP contribution in [0.2, 0.25) is 0 Å². The molecule has 0 aliphatic heterocycles. The zero-order valence-corrected chi connectivity index (χ0v) is 10.9. The van der Waals surface area contributed by atoms with Crippen LogP contribution in [0, 0.1) is 6.92 Å². The molecule has 1 unspecified atom stereocenters. The van der Waals surface area contributed by atoms with Crippen molar-refractivity contribution in [2.24, 2.45) is 0 Å². The molecule has 0 saturated carbocycles. The van der Waals surface area contributed by atoms with E-state index in [2.05, 4.69) is 39.8 Å². The van der Waals surface area contributed by atoms with Crippen LogP contribution in [0.4, 0.5) is 0 Å². The van der Waals surface area contributed by atoms with E-state index < -0.39 is 0 Å². The average Bonchev–Trinajstić information content (AvgIpc) is 2.51. The Hall–Kier alpha value is -0.780. The highest BCUT2D eigenvalue weighted by molar-refractivity contribution is 5.50. The third-order valence-corrected chi connectivity index (χ3v) is 4.78. The normalized spacial score (nSPS) is 30.2. The molecule has 1 aromatic carbocycles. The highest BCUT2D eigenvalue weighted by Crippen LogP contribution is 2.53. The van der Waals surface area contributed by atoms with E-state index >= 15 is 0 Å². The van der Waals surface area contributed by atoms with E-state index in [-0.39, 0.29) is 0 Å². The number of rotatable bonds is 0. The molecule has 2 aliphatic rings. The molecule has 2 aliphatic carbocycles. The van der Waals surface area contributed by atoms with Crippen molar-refractivity contribution in [3.63, 3.8) is 0 Å². The van der Waals surface area contributed by atoms with E-state index in [0.717, 1.165) is 11.8 Å². The van der Waals surface area contributed by atoms with Crippen molar-refractivity contribution in [1.29, 1.82) is 0 Å². The van der Waals surface area contributed by atoms with Crippen LogP contribution in [0.15, 0.2) is 12.1 Å². The van der Waals surface area contributed by atoms with Crippen molar-refractivity contribution >= 4 is 0 Å². The molecule has 0 radical (unpaired) electrons. The highest BCUT2D eigenvalue weighted by Gasteiger charge is 2.39. The molecule has 0 fully saturated rings. The minimum Gasteiger partial charge on any atom is -0.0584 e. The van der Waals surface area contributed by atoms with Crippen LogP contribution in [0.5, 0.6) is 0 Å². The summed E-state index contributed by atoms with van der Waals surface area (Å²) in [5.41, 5.74) is 6.90. The topological polar surface area (TPSA) is 0 Å². The maximum atomic E-state index is 2.45. The van der Waals surface area contributed by atoms with Gasteiger partial charge in [-0.3, -0.25) is 0 Å². The van der Waals surface area contributed by atoms with Gasteiger partial charge in [0.1, 0.15) is 0 Å². The van der Waals surface area contributed by atoms with Gasteiger partial charge >= 0.3 is 0 Å². The fourth-order valence-electron chi connectivity index (χ4n) is 3.85. The van der Waals surface area contributed by atoms with Crippen LogP contribution in [0.3, 0.4) is 0 Å². The highest BCUT2D eigenvalue weighted by atomic mass is 14.4. The summed E-state index contributed by atoms with van der Waals surface area (Å²) in [5, 5.41) is 0. The Morgan fingerprint density at radius 1 is 1.25 bits per heavy atom. The smallest absolute Gasteiger partial charge is 0.0100 e. The van der Waals surface area contributed by atoms with Crippen molar-refractivity contribution in [3.8, 4) is 0 Å². The van der Waals surface area contributed by atoms with Crippen molar-refractivity contribution in [2.75, 3.05) is 0 Å². The first kappa shape index (κ1) is 10.4. The molecule has 16 heavy (non-hydrogen) atoms. The van der Waals surface area contributed by atoms with E-state index in [1.165, 1.54) is 24.8 Å². The minimum absolute atomic E-state index is 0.399. The molecule has 0 amide bonds. The molecule has 0 N–H and O–H groups in total. The average molecular weight is 214 g/mol. The maximum Gasteiger partial charge on any atom is -0.0100 e. The van der Waals surface area contributed by atoms with Crippen LogP contribution in [0.1, 0.15) is 74.1 Å². The van der Waals surface area contributed by atoms with Gasteiger partial charge in [-0.1, -0.05) is 38.5 Å². The summed E-state index contributed by atoms with van der Waals surface area (Å²) in [6.45, 7) is 9.49. The maximum absolute atomic E-state index is 2.45. The lowest BCUT2D eigenvalue weighted by Gasteiger charge is -2.36. The first-order valence-corrected chi connectivity index (χ1v) is 6.64. The second kappa shape index (κ2) is 3.12. The Labute approximate surface area is 99.1 Å². The lowest BCUT2D eigenvalue weighted by molar-refractivity contribution is 0.390. The Bertz CT molecular complexity index is 440. The first-order valence-electron chi connectivity index (χ1n) is 6.64. The molecule has 0 spiro atoms. The largest absolute Gasteiger partial charge is 0.0584 e. The van der Waals surface area contributed by atoms with Gasteiger partial charge in [0.2, 0.25) is 0 Å². The van der Waals surface area contributed by atoms with Gasteiger partial charge in [0.25, 0.3) is 0 Å². The van der Waals surface area contributed by atoms with Crippen LogP contribution >= 0.6 is 0 Å². The van der Waals surface area contributed by atoms with Gasteiger partial charge < -0.3 is 0 Å². The molecular weight excluding hydrogens is 192 g/mol. The summed E-state index contributed by atoms with van der Waals surface area (Å²) in [6, 6.07) is 4.88. The van der Waals surface area contributed by atoms with Gasteiger partial charge in [0.05, 0.1) is 0 Å². The Balaban J connectivity index is 2.28. The summed E-state index contributed by atoms with van der Waals surface area (Å²) in [5.74, 6) is 1.65. The second-order valence-corrected chi connectivity index (χ2v) is 6.57. The molecule has 0 heteroatoms. The molecule has 1 aromatic rings. The molecule has 2 atom stereocenters. The van der Waals surface area contributed by atoms with Crippen molar-refractivity contribution < 1.29 is 0 Å². The molecule has 86 valence electrons. The quantitative estimate of drug-likeness (QED) is 0.589. The zero-order valence-electron chi connectivity index (χ0n) is 10.9. The molecule has 0 nitrogen and oxygen atoms in total. The molecule has 3 rings (SSSR count). The van der Waals surface area contributed by atoms with E-state index in [1.807, 2.05) is 0 Å². The minimum atomic E-state index is 0.399. The van der Waals surface area contributed by atoms with Crippen LogP contribution in [-0.2, 0) is 5.41 Å². The third-order valence-electron chi connectivity index (χ3n) is 4.78. The number of hydrogen-bond donors (Lipinski definition) is 0. The number of aryl methyl sites for hydroxylation is 1. The van der Waals surface area contributed by atoms with E-state index in [1.54, 1.807) is 16.7 Å². The Morgan fingerprint density at radius 3 is 2.75 bits per heavy atom. The van der Waals surface area contributed by atoms with Crippen molar-refractivity contribution in [1.82, 2.24) is 0 Å². The van der Waals surface area contributed by atoms with E-state index in [0.29, 0.717) is 5.41 Å². The lowest BCUT2D eigenvalue weighted by Crippen LogP contribution is -2.25. The summed E-state index contributed by atoms with van der Waals surface area (Å²) >= 11 is 0. The van der Waals surface area contributed by atoms with Gasteiger partial charge in [0.15, 0.2) is 0 Å². The Kier molecular flexibility index (Phi) is 2.02. The van der Waals surface area contributed by atoms with Crippen LogP contribution in [0.25, 0.3) is 0 Å². The SMILES string of the molecule is Cc1cc2c3c(c1)C(C)(C)CCC3C[C@H]2C. The first-order chi connectivity index (χ1) is 7.49. The standard InChI is InChI=1S/C16H22/c1-10-7-13-11(2)9-12-5-6-16(3,4)14(8-10)15(12)13/h7-8,11-12H,5-6,9H2,1-4H3/t11-,12?/m1/s1. The molecule has 0 bridgehead atoms. The van der Waals surface area contributed by atoms with E-state index in [9.17, 15) is 0 Å². The summed E-state index contributed by atoms with van der Waals surface area (Å²) < 4.78 is 0. The molecule has 0 heterocycles. The molecule has 0 aromatic heterocycles. The monoisotopic (exact) mass is 214 g/mol. The van der Waals surface area contributed by atoms with Crippen LogP contribution < -0.4 is 0 Å². The zero-order chi connectivity index (χ0) is 11.5. The van der Waals surface area contributed by atoms with Gasteiger partial charge in [-0.05, 0) is 60.1 Å². The van der Waals surface area contributed by atoms with E-state index in [4.69, 9.17) is 0 Å². The molecule has 0 saturated heterocycles. The van der Waals surface area contributed by atoms with Gasteiger partial charge in [-0.2, -0.15) is 0 Å². The fourth-order valence-corrected chi connectivity index (χ4v) is 3.85. The van der Waals surface area contributed by atoms with Crippen LogP contribution in [-0.4, -0.2) is 0 Å². The third kappa shape index (κ3) is 1.28. The lowest BCUT2D eigenvalue weighted by atomic mass is 9.69. The van der Waals surface area contributed by atoms with Gasteiger partial charge in [-0.15, -0.1) is 0 Å². The predicted molar refractivity (Wildman–Crippen MR) is 69.2 cm³/mol. The number of benzene rings is 1. The predicted octanol–water partition coefficient (Wildman–Crippen LogP) is 4.66. The fraction of sp³-hybridized carbons (Fsp3) is 0.625. The summed E-state index contributed by atoms with van der Waals surface area (Å²) in [4.78, 5) is 0. The molecular formula is C16H22. The number of hydrogen-bond acceptors (Lipinski definition) is 0. The summed E-state index contributed by atoms with van der Waals surface area (Å²) in [7, 11) is 0. The van der Waals surface area contributed by atoms with Crippen molar-refractivity contribution in [3.05, 3.63) is 34.4 Å². The van der Waals surface area contributed by atoms with Gasteiger partial charge in [0, 0.05) is 0 Å². The Morgan fingerprint density at radius 2 is 2.00 bits per heavy atom.